The van der Waals surface area contributed by atoms with Crippen LogP contribution in [0.1, 0.15) is 49.4 Å². The number of thioether (sulfide) groups is 1. The fourth-order valence-corrected chi connectivity index (χ4v) is 4.93. The molecular formula is C23H26N2O2S. The minimum absolute atomic E-state index is 0.0420. The predicted octanol–water partition coefficient (Wildman–Crippen LogP) is 5.57. The van der Waals surface area contributed by atoms with Gasteiger partial charge in [0.25, 0.3) is 5.91 Å². The lowest BCUT2D eigenvalue weighted by molar-refractivity contribution is -0.117. The Morgan fingerprint density at radius 2 is 1.68 bits per heavy atom. The van der Waals surface area contributed by atoms with Crippen LogP contribution in [0.5, 0.6) is 0 Å². The molecule has 0 heterocycles. The Labute approximate surface area is 170 Å². The summed E-state index contributed by atoms with van der Waals surface area (Å²) in [7, 11) is 0. The summed E-state index contributed by atoms with van der Waals surface area (Å²) < 4.78 is 0. The number of carbonyl (C=O) groups excluding carboxylic acids is 2. The number of rotatable bonds is 6. The highest BCUT2D eigenvalue weighted by atomic mass is 32.2. The Morgan fingerprint density at radius 1 is 0.964 bits per heavy atom. The van der Waals surface area contributed by atoms with E-state index >= 15 is 0 Å². The lowest BCUT2D eigenvalue weighted by atomic mass is 10.1. The summed E-state index contributed by atoms with van der Waals surface area (Å²) in [6, 6.07) is 15.2. The molecule has 2 aromatic carbocycles. The van der Waals surface area contributed by atoms with Gasteiger partial charge >= 0.3 is 0 Å². The summed E-state index contributed by atoms with van der Waals surface area (Å²) >= 11 is 1.94. The molecule has 0 spiro atoms. The first-order valence-corrected chi connectivity index (χ1v) is 11.0. The van der Waals surface area contributed by atoms with Crippen LogP contribution < -0.4 is 10.6 Å². The van der Waals surface area contributed by atoms with Gasteiger partial charge in [0.05, 0.1) is 0 Å². The number of anilines is 2. The van der Waals surface area contributed by atoms with E-state index in [1.807, 2.05) is 30.0 Å². The van der Waals surface area contributed by atoms with Crippen molar-refractivity contribution in [3.05, 3.63) is 54.1 Å². The van der Waals surface area contributed by atoms with Crippen molar-refractivity contribution in [2.45, 2.75) is 49.2 Å². The molecule has 2 saturated carbocycles. The van der Waals surface area contributed by atoms with Gasteiger partial charge in [-0.25, -0.2) is 0 Å². The molecule has 2 atom stereocenters. The highest BCUT2D eigenvalue weighted by Gasteiger charge is 2.39. The van der Waals surface area contributed by atoms with Crippen LogP contribution >= 0.6 is 11.8 Å². The zero-order valence-corrected chi connectivity index (χ0v) is 16.9. The van der Waals surface area contributed by atoms with Gasteiger partial charge in [-0.15, -0.1) is 11.8 Å². The Morgan fingerprint density at radius 3 is 2.36 bits per heavy atom. The maximum Gasteiger partial charge on any atom is 0.255 e. The first-order chi connectivity index (χ1) is 13.6. The monoisotopic (exact) mass is 394 g/mol. The first kappa shape index (κ1) is 19.1. The Bertz CT molecular complexity index is 859. The Balaban J connectivity index is 1.35. The summed E-state index contributed by atoms with van der Waals surface area (Å²) in [5.41, 5.74) is 1.98. The van der Waals surface area contributed by atoms with Crippen LogP contribution in [0.2, 0.25) is 0 Å². The molecule has 2 fully saturated rings. The third-order valence-corrected chi connectivity index (χ3v) is 6.90. The van der Waals surface area contributed by atoms with Crippen molar-refractivity contribution in [2.24, 2.45) is 11.8 Å². The van der Waals surface area contributed by atoms with E-state index in [1.165, 1.54) is 30.6 Å². The number of carbonyl (C=O) groups is 2. The summed E-state index contributed by atoms with van der Waals surface area (Å²) in [5, 5.41) is 6.59. The molecule has 5 heteroatoms. The quantitative estimate of drug-likeness (QED) is 0.673. The topological polar surface area (TPSA) is 58.2 Å². The average Bonchev–Trinajstić information content (AvgIpc) is 3.21. The normalized spacial score (nSPS) is 21.3. The van der Waals surface area contributed by atoms with E-state index in [0.29, 0.717) is 17.2 Å². The lowest BCUT2D eigenvalue weighted by Crippen LogP contribution is -2.16. The van der Waals surface area contributed by atoms with Gasteiger partial charge in [-0.3, -0.25) is 9.59 Å². The molecule has 146 valence electrons. The summed E-state index contributed by atoms with van der Waals surface area (Å²) in [5.74, 6) is 0.437. The van der Waals surface area contributed by atoms with Gasteiger partial charge in [0, 0.05) is 33.0 Å². The lowest BCUT2D eigenvalue weighted by Gasteiger charge is -2.11. The van der Waals surface area contributed by atoms with Gasteiger partial charge in [0.15, 0.2) is 0 Å². The van der Waals surface area contributed by atoms with Crippen LogP contribution in [0.15, 0.2) is 53.4 Å². The van der Waals surface area contributed by atoms with Crippen molar-refractivity contribution in [1.29, 1.82) is 0 Å². The molecule has 2 aromatic rings. The largest absolute Gasteiger partial charge is 0.326 e. The molecule has 28 heavy (non-hydrogen) atoms. The highest BCUT2D eigenvalue weighted by molar-refractivity contribution is 8.00. The fraction of sp³-hybridized carbons (Fsp3) is 0.391. The zero-order chi connectivity index (χ0) is 19.5. The molecule has 2 aliphatic rings. The fourth-order valence-electron chi connectivity index (χ4n) is 3.68. The van der Waals surface area contributed by atoms with E-state index in [4.69, 9.17) is 0 Å². The number of benzene rings is 2. The molecule has 0 saturated heterocycles. The minimum Gasteiger partial charge on any atom is -0.326 e. The second-order valence-corrected chi connectivity index (χ2v) is 9.27. The molecule has 2 amide bonds. The van der Waals surface area contributed by atoms with Gasteiger partial charge in [-0.1, -0.05) is 25.8 Å². The van der Waals surface area contributed by atoms with Gasteiger partial charge in [0.2, 0.25) is 5.91 Å². The molecule has 0 aromatic heterocycles. The third kappa shape index (κ3) is 4.76. The second-order valence-electron chi connectivity index (χ2n) is 7.89. The zero-order valence-electron chi connectivity index (χ0n) is 16.1. The Hall–Kier alpha value is -2.27. The van der Waals surface area contributed by atoms with Crippen molar-refractivity contribution in [1.82, 2.24) is 0 Å². The molecular weight excluding hydrogens is 368 g/mol. The van der Waals surface area contributed by atoms with Gasteiger partial charge in [0.1, 0.15) is 0 Å². The smallest absolute Gasteiger partial charge is 0.255 e. The molecule has 2 unspecified atom stereocenters. The number of hydrogen-bond acceptors (Lipinski definition) is 3. The van der Waals surface area contributed by atoms with Crippen LogP contribution in [0.3, 0.4) is 0 Å². The van der Waals surface area contributed by atoms with Gasteiger partial charge in [-0.05, 0) is 67.6 Å². The van der Waals surface area contributed by atoms with Crippen molar-refractivity contribution >= 4 is 35.0 Å². The maximum atomic E-state index is 12.6. The minimum atomic E-state index is -0.174. The van der Waals surface area contributed by atoms with E-state index < -0.39 is 0 Å². The van der Waals surface area contributed by atoms with E-state index in [-0.39, 0.29) is 17.7 Å². The standard InChI is InChI=1S/C23H26N2O2S/c1-15-13-21(15)23(27)25-18-6-4-5-16(14-18)22(26)24-17-9-11-20(12-10-17)28-19-7-2-3-8-19/h4-6,9-12,14-15,19,21H,2-3,7-8,13H2,1H3,(H,24,26)(H,25,27). The SMILES string of the molecule is CC1CC1C(=O)Nc1cccc(C(=O)Nc2ccc(SC3CCCC3)cc2)c1. The molecule has 2 N–H and O–H groups in total. The molecule has 4 rings (SSSR count). The van der Waals surface area contributed by atoms with Crippen molar-refractivity contribution in [3.8, 4) is 0 Å². The molecule has 4 nitrogen and oxygen atoms in total. The van der Waals surface area contributed by atoms with Gasteiger partial charge < -0.3 is 10.6 Å². The summed E-state index contributed by atoms with van der Waals surface area (Å²) in [6.45, 7) is 2.08. The Kier molecular flexibility index (Phi) is 5.72. The van der Waals surface area contributed by atoms with E-state index in [9.17, 15) is 9.59 Å². The van der Waals surface area contributed by atoms with Crippen molar-refractivity contribution in [3.63, 3.8) is 0 Å². The predicted molar refractivity (Wildman–Crippen MR) is 115 cm³/mol. The van der Waals surface area contributed by atoms with Crippen molar-refractivity contribution in [2.75, 3.05) is 10.6 Å². The number of nitrogens with one attached hydrogen (secondary N) is 2. The average molecular weight is 395 g/mol. The number of amides is 2. The first-order valence-electron chi connectivity index (χ1n) is 10.1. The molecule has 2 aliphatic carbocycles. The summed E-state index contributed by atoms with van der Waals surface area (Å²) in [4.78, 5) is 25.9. The molecule has 0 radical (unpaired) electrons. The van der Waals surface area contributed by atoms with Crippen LogP contribution in [-0.2, 0) is 4.79 Å². The number of hydrogen-bond donors (Lipinski definition) is 2. The van der Waals surface area contributed by atoms with Crippen LogP contribution in [0, 0.1) is 11.8 Å². The summed E-state index contributed by atoms with van der Waals surface area (Å²) in [6.07, 6.45) is 6.22. The van der Waals surface area contributed by atoms with Crippen molar-refractivity contribution < 1.29 is 9.59 Å². The van der Waals surface area contributed by atoms with Crippen LogP contribution in [0.4, 0.5) is 11.4 Å². The van der Waals surface area contributed by atoms with Crippen LogP contribution in [0.25, 0.3) is 0 Å². The highest BCUT2D eigenvalue weighted by Crippen LogP contribution is 2.38. The van der Waals surface area contributed by atoms with E-state index in [1.54, 1.807) is 18.2 Å². The van der Waals surface area contributed by atoms with E-state index in [0.717, 1.165) is 17.4 Å². The third-order valence-electron chi connectivity index (χ3n) is 5.56. The molecule has 0 bridgehead atoms. The van der Waals surface area contributed by atoms with E-state index in [2.05, 4.69) is 29.7 Å². The second kappa shape index (κ2) is 8.39. The van der Waals surface area contributed by atoms with Crippen LogP contribution in [-0.4, -0.2) is 17.1 Å². The maximum absolute atomic E-state index is 12.6. The molecule has 0 aliphatic heterocycles. The van der Waals surface area contributed by atoms with Gasteiger partial charge in [-0.2, -0.15) is 0 Å².